The molecule has 0 amide bonds. The van der Waals surface area contributed by atoms with Crippen LogP contribution in [0.3, 0.4) is 0 Å². The minimum Gasteiger partial charge on any atom is -0.208 e. The molecule has 12 aromatic rings. The van der Waals surface area contributed by atoms with Gasteiger partial charge >= 0.3 is 0 Å². The molecule has 0 saturated heterocycles. The molecule has 1 aliphatic carbocycles. The van der Waals surface area contributed by atoms with Crippen molar-refractivity contribution in [2.75, 3.05) is 0 Å². The summed E-state index contributed by atoms with van der Waals surface area (Å²) in [6, 6.07) is 87.7. The minimum absolute atomic E-state index is 0.603. The van der Waals surface area contributed by atoms with Crippen LogP contribution in [0.1, 0.15) is 5.56 Å². The van der Waals surface area contributed by atoms with E-state index in [1.165, 1.54) is 54.9 Å². The molecule has 11 aromatic carbocycles. The van der Waals surface area contributed by atoms with E-state index in [2.05, 4.69) is 206 Å². The first-order chi connectivity index (χ1) is 34.6. The Hall–Kier alpha value is -9.56. The van der Waals surface area contributed by atoms with Gasteiger partial charge in [-0.1, -0.05) is 218 Å². The van der Waals surface area contributed by atoms with E-state index in [-0.39, 0.29) is 0 Å². The lowest BCUT2D eigenvalue weighted by Crippen LogP contribution is -2.00. The lowest BCUT2D eigenvalue weighted by atomic mass is 9.89. The highest BCUT2D eigenvalue weighted by molar-refractivity contribution is 6.18. The smallest absolute Gasteiger partial charge is 0.164 e. The third-order valence-electron chi connectivity index (χ3n) is 13.7. The largest absolute Gasteiger partial charge is 0.208 e. The maximum Gasteiger partial charge on any atom is 0.164 e. The summed E-state index contributed by atoms with van der Waals surface area (Å²) in [5.74, 6) is 1.84. The van der Waals surface area contributed by atoms with Crippen LogP contribution in [0.4, 0.5) is 0 Å². The summed E-state index contributed by atoms with van der Waals surface area (Å²) in [5, 5.41) is 15.1. The molecule has 0 atom stereocenters. The molecule has 0 fully saturated rings. The fourth-order valence-corrected chi connectivity index (χ4v) is 10.2. The molecule has 0 unspecified atom stereocenters. The maximum absolute atomic E-state index is 10.1. The molecule has 0 bridgehead atoms. The molecule has 0 N–H and O–H groups in total. The molecule has 4 nitrogen and oxygen atoms in total. The third-order valence-corrected chi connectivity index (χ3v) is 13.7. The Labute approximate surface area is 406 Å². The van der Waals surface area contributed by atoms with Crippen molar-refractivity contribution in [3.05, 3.63) is 248 Å². The number of hydrogen-bond acceptors (Lipinski definition) is 4. The van der Waals surface area contributed by atoms with Crippen LogP contribution < -0.4 is 0 Å². The monoisotopic (exact) mass is 888 g/mol. The van der Waals surface area contributed by atoms with Gasteiger partial charge in [0.05, 0.1) is 11.6 Å². The van der Waals surface area contributed by atoms with Crippen molar-refractivity contribution in [1.82, 2.24) is 15.0 Å². The van der Waals surface area contributed by atoms with Crippen molar-refractivity contribution in [3.8, 4) is 118 Å². The van der Waals surface area contributed by atoms with Gasteiger partial charge < -0.3 is 0 Å². The predicted molar refractivity (Wildman–Crippen MR) is 287 cm³/mol. The van der Waals surface area contributed by atoms with Gasteiger partial charge in [0.25, 0.3) is 0 Å². The first-order valence-corrected chi connectivity index (χ1v) is 23.5. The van der Waals surface area contributed by atoms with E-state index in [1.54, 1.807) is 0 Å². The number of nitrogens with zero attached hydrogens (tertiary/aromatic N) is 4. The van der Waals surface area contributed by atoms with Crippen molar-refractivity contribution in [2.45, 2.75) is 0 Å². The van der Waals surface area contributed by atoms with Crippen molar-refractivity contribution in [3.63, 3.8) is 0 Å². The zero-order valence-corrected chi connectivity index (χ0v) is 37.9. The highest BCUT2D eigenvalue weighted by Crippen LogP contribution is 2.51. The summed E-state index contributed by atoms with van der Waals surface area (Å²) < 4.78 is 0. The lowest BCUT2D eigenvalue weighted by Gasteiger charge is -2.14. The summed E-state index contributed by atoms with van der Waals surface area (Å²) in [6.45, 7) is 0. The fraction of sp³-hybridized carbons (Fsp3) is 0. The number of nitriles is 1. The van der Waals surface area contributed by atoms with Crippen molar-refractivity contribution < 1.29 is 0 Å². The second kappa shape index (κ2) is 16.9. The van der Waals surface area contributed by atoms with Gasteiger partial charge in [-0.25, -0.2) is 15.0 Å². The second-order valence-electron chi connectivity index (χ2n) is 17.9. The molecule has 70 heavy (non-hydrogen) atoms. The first-order valence-electron chi connectivity index (χ1n) is 23.5. The highest BCUT2D eigenvalue weighted by atomic mass is 15.0. The van der Waals surface area contributed by atoms with Crippen LogP contribution >= 0.6 is 0 Å². The third kappa shape index (κ3) is 7.22. The normalized spacial score (nSPS) is 11.4. The van der Waals surface area contributed by atoms with Gasteiger partial charge in [-0.3, -0.25) is 0 Å². The van der Waals surface area contributed by atoms with Crippen LogP contribution in [0.2, 0.25) is 0 Å². The molecule has 1 aliphatic rings. The van der Waals surface area contributed by atoms with Crippen LogP contribution in [0, 0.1) is 11.3 Å². The van der Waals surface area contributed by atoms with Gasteiger partial charge in [-0.05, 0) is 124 Å². The Balaban J connectivity index is 0.810. The molecule has 1 heterocycles. The summed E-state index contributed by atoms with van der Waals surface area (Å²) in [6.07, 6.45) is 0. The Morgan fingerprint density at radius 1 is 0.257 bits per heavy atom. The molecule has 0 spiro atoms. The van der Waals surface area contributed by atoms with Gasteiger partial charge in [0.2, 0.25) is 0 Å². The average Bonchev–Trinajstić information content (AvgIpc) is 3.78. The summed E-state index contributed by atoms with van der Waals surface area (Å²) in [7, 11) is 0. The topological polar surface area (TPSA) is 62.5 Å². The first kappa shape index (κ1) is 40.7. The average molecular weight is 889 g/mol. The zero-order valence-electron chi connectivity index (χ0n) is 37.9. The Morgan fingerprint density at radius 3 is 1.41 bits per heavy atom. The number of benzene rings is 11. The van der Waals surface area contributed by atoms with Gasteiger partial charge in [0.1, 0.15) is 0 Å². The SMILES string of the molecule is N#Cc1ccc(-c2ccc(-c3cccc4c3-c3cccc5cccc-4c35)cc2)c(-c2cccc(-c3ccc(-c4nc(-c5ccccc5)nc(-c5ccc(-c6ccc7ccccc7c6)cc5)n4)cc3)c2)c1. The quantitative estimate of drug-likeness (QED) is 0.152. The Morgan fingerprint density at radius 2 is 0.729 bits per heavy atom. The van der Waals surface area contributed by atoms with Gasteiger partial charge in [0.15, 0.2) is 17.5 Å². The predicted octanol–water partition coefficient (Wildman–Crippen LogP) is 17.0. The lowest BCUT2D eigenvalue weighted by molar-refractivity contribution is 1.07. The zero-order chi connectivity index (χ0) is 46.5. The number of hydrogen-bond donors (Lipinski definition) is 0. The van der Waals surface area contributed by atoms with E-state index in [4.69, 9.17) is 15.0 Å². The van der Waals surface area contributed by atoms with E-state index >= 15 is 0 Å². The van der Waals surface area contributed by atoms with Crippen molar-refractivity contribution in [2.24, 2.45) is 0 Å². The van der Waals surface area contributed by atoms with Crippen LogP contribution in [0.5, 0.6) is 0 Å². The van der Waals surface area contributed by atoms with Crippen LogP contribution in [0.25, 0.3) is 134 Å². The molecule has 324 valence electrons. The molecule has 4 heteroatoms. The molecule has 0 radical (unpaired) electrons. The van der Waals surface area contributed by atoms with E-state index in [0.717, 1.165) is 61.2 Å². The van der Waals surface area contributed by atoms with Crippen molar-refractivity contribution in [1.29, 1.82) is 5.26 Å². The van der Waals surface area contributed by atoms with Crippen molar-refractivity contribution >= 4 is 21.5 Å². The molecule has 0 saturated carbocycles. The summed E-state index contributed by atoms with van der Waals surface area (Å²) in [5.41, 5.74) is 19.5. The molecule has 1 aromatic heterocycles. The second-order valence-corrected chi connectivity index (χ2v) is 17.9. The fourth-order valence-electron chi connectivity index (χ4n) is 10.2. The number of fused-ring (bicyclic) bond motifs is 4. The standard InChI is InChI=1S/C66H40N4/c67-41-42-22-37-56(46-28-30-47(31-29-46)57-18-9-20-59-58-19-7-14-48-15-8-21-60(62(48)58)63(57)59)61(38-42)55-17-6-16-53(40-55)44-23-32-50(33-24-44)65-68-64(49-11-2-1-3-12-49)69-66(70-65)51-34-25-45(26-35-51)54-36-27-43-10-4-5-13-52(43)39-54/h1-40H. The van der Waals surface area contributed by atoms with Gasteiger partial charge in [0, 0.05) is 16.7 Å². The van der Waals surface area contributed by atoms with Crippen LogP contribution in [-0.4, -0.2) is 15.0 Å². The van der Waals surface area contributed by atoms with Gasteiger partial charge in [-0.15, -0.1) is 0 Å². The molecular weight excluding hydrogens is 849 g/mol. The Bertz CT molecular complexity index is 4030. The Kier molecular flexibility index (Phi) is 9.85. The molecule has 13 rings (SSSR count). The van der Waals surface area contributed by atoms with E-state index in [1.807, 2.05) is 42.5 Å². The number of aromatic nitrogens is 3. The van der Waals surface area contributed by atoms with Gasteiger partial charge in [-0.2, -0.15) is 5.26 Å². The highest BCUT2D eigenvalue weighted by Gasteiger charge is 2.24. The number of rotatable bonds is 8. The van der Waals surface area contributed by atoms with Crippen LogP contribution in [-0.2, 0) is 0 Å². The minimum atomic E-state index is 0.603. The van der Waals surface area contributed by atoms with E-state index in [9.17, 15) is 5.26 Å². The summed E-state index contributed by atoms with van der Waals surface area (Å²) in [4.78, 5) is 15.1. The van der Waals surface area contributed by atoms with Crippen LogP contribution in [0.15, 0.2) is 243 Å². The molecular formula is C66H40N4. The van der Waals surface area contributed by atoms with E-state index in [0.29, 0.717) is 23.0 Å². The summed E-state index contributed by atoms with van der Waals surface area (Å²) >= 11 is 0. The maximum atomic E-state index is 10.1. The molecule has 0 aliphatic heterocycles. The van der Waals surface area contributed by atoms with E-state index < -0.39 is 0 Å².